The van der Waals surface area contributed by atoms with E-state index in [1.807, 2.05) is 12.1 Å². The van der Waals surface area contributed by atoms with Crippen molar-refractivity contribution in [2.45, 2.75) is 20.0 Å². The van der Waals surface area contributed by atoms with Crippen molar-refractivity contribution in [3.63, 3.8) is 0 Å². The average molecular weight is 373 g/mol. The molecule has 1 aliphatic rings. The largest absolute Gasteiger partial charge is 0.479 e. The van der Waals surface area contributed by atoms with Crippen LogP contribution in [0.3, 0.4) is 0 Å². The first-order chi connectivity index (χ1) is 12.5. The summed E-state index contributed by atoms with van der Waals surface area (Å²) in [5, 5.41) is 0.527. The molecule has 1 heterocycles. The van der Waals surface area contributed by atoms with Gasteiger partial charge in [-0.2, -0.15) is 0 Å². The lowest BCUT2D eigenvalue weighted by atomic mass is 10.1. The van der Waals surface area contributed by atoms with E-state index in [1.165, 1.54) is 0 Å². The van der Waals surface area contributed by atoms with Crippen LogP contribution in [-0.2, 0) is 9.53 Å². The molecule has 0 saturated carbocycles. The number of hydrogen-bond acceptors (Lipinski definition) is 5. The molecule has 2 aromatic rings. The standard InChI is InChI=1S/C20H17ClO5/c1-3-24-20(23)12(2)25-14-8-9-15-17(11-14)26-18(19(15)22)10-13-6-4-5-7-16(13)21/h4-12H,3H2,1-2H3/t12-/m1/s1. The third-order valence-corrected chi connectivity index (χ3v) is 4.11. The Labute approximate surface area is 156 Å². The lowest BCUT2D eigenvalue weighted by Gasteiger charge is -2.13. The first kappa shape index (κ1) is 18.0. The highest BCUT2D eigenvalue weighted by Crippen LogP contribution is 2.35. The van der Waals surface area contributed by atoms with E-state index in [1.54, 1.807) is 50.3 Å². The molecule has 5 nitrogen and oxygen atoms in total. The second kappa shape index (κ2) is 7.62. The normalized spacial score (nSPS) is 15.3. The summed E-state index contributed by atoms with van der Waals surface area (Å²) in [5.74, 6) is 0.288. The van der Waals surface area contributed by atoms with Crippen molar-refractivity contribution < 1.29 is 23.8 Å². The minimum absolute atomic E-state index is 0.184. The van der Waals surface area contributed by atoms with E-state index in [0.717, 1.165) is 0 Å². The second-order valence-electron chi connectivity index (χ2n) is 5.63. The van der Waals surface area contributed by atoms with E-state index in [4.69, 9.17) is 25.8 Å². The van der Waals surface area contributed by atoms with Crippen LogP contribution in [0.2, 0.25) is 5.02 Å². The van der Waals surface area contributed by atoms with E-state index in [2.05, 4.69) is 0 Å². The van der Waals surface area contributed by atoms with Crippen molar-refractivity contribution in [1.82, 2.24) is 0 Å². The van der Waals surface area contributed by atoms with Crippen molar-refractivity contribution in [1.29, 1.82) is 0 Å². The number of carbonyl (C=O) groups is 2. The molecule has 0 N–H and O–H groups in total. The van der Waals surface area contributed by atoms with Crippen LogP contribution < -0.4 is 9.47 Å². The molecule has 0 aliphatic carbocycles. The lowest BCUT2D eigenvalue weighted by Crippen LogP contribution is -2.26. The van der Waals surface area contributed by atoms with E-state index in [-0.39, 0.29) is 18.1 Å². The van der Waals surface area contributed by atoms with Gasteiger partial charge in [0.1, 0.15) is 11.5 Å². The Hall–Kier alpha value is -2.79. The molecular weight excluding hydrogens is 356 g/mol. The van der Waals surface area contributed by atoms with Gasteiger partial charge in [-0.3, -0.25) is 4.79 Å². The van der Waals surface area contributed by atoms with E-state index in [9.17, 15) is 9.59 Å². The third kappa shape index (κ3) is 3.73. The Bertz CT molecular complexity index is 888. The second-order valence-corrected chi connectivity index (χ2v) is 6.04. The molecule has 0 fully saturated rings. The predicted molar refractivity (Wildman–Crippen MR) is 97.6 cm³/mol. The van der Waals surface area contributed by atoms with Gasteiger partial charge in [0.2, 0.25) is 5.78 Å². The van der Waals surface area contributed by atoms with Crippen molar-refractivity contribution in [3.8, 4) is 11.5 Å². The zero-order chi connectivity index (χ0) is 18.7. The first-order valence-electron chi connectivity index (χ1n) is 8.15. The van der Waals surface area contributed by atoms with Crippen molar-refractivity contribution in [2.75, 3.05) is 6.61 Å². The van der Waals surface area contributed by atoms with Gasteiger partial charge in [0.05, 0.1) is 12.2 Å². The Kier molecular flexibility index (Phi) is 5.28. The molecule has 0 bridgehead atoms. The van der Waals surface area contributed by atoms with Crippen LogP contribution in [0.25, 0.3) is 6.08 Å². The molecule has 6 heteroatoms. The minimum Gasteiger partial charge on any atom is -0.479 e. The van der Waals surface area contributed by atoms with Gasteiger partial charge >= 0.3 is 5.97 Å². The average Bonchev–Trinajstić information content (AvgIpc) is 2.92. The monoisotopic (exact) mass is 372 g/mol. The zero-order valence-corrected chi connectivity index (χ0v) is 15.1. The highest BCUT2D eigenvalue weighted by Gasteiger charge is 2.28. The SMILES string of the molecule is CCOC(=O)[C@@H](C)Oc1ccc2c(c1)OC(=Cc1ccccc1Cl)C2=O. The number of ether oxygens (including phenoxy) is 3. The van der Waals surface area contributed by atoms with Crippen LogP contribution in [0.1, 0.15) is 29.8 Å². The van der Waals surface area contributed by atoms with Crippen LogP contribution >= 0.6 is 11.6 Å². The van der Waals surface area contributed by atoms with E-state index >= 15 is 0 Å². The molecule has 0 amide bonds. The summed E-state index contributed by atoms with van der Waals surface area (Å²) in [7, 11) is 0. The summed E-state index contributed by atoms with van der Waals surface area (Å²) in [6.07, 6.45) is 0.843. The summed E-state index contributed by atoms with van der Waals surface area (Å²) >= 11 is 6.12. The molecule has 0 unspecified atom stereocenters. The van der Waals surface area contributed by atoms with Gasteiger partial charge < -0.3 is 14.2 Å². The molecule has 0 radical (unpaired) electrons. The first-order valence-corrected chi connectivity index (χ1v) is 8.53. The van der Waals surface area contributed by atoms with Gasteiger partial charge in [-0.1, -0.05) is 29.8 Å². The molecule has 3 rings (SSSR count). The molecule has 1 atom stereocenters. The van der Waals surface area contributed by atoms with Crippen molar-refractivity contribution in [3.05, 3.63) is 64.4 Å². The summed E-state index contributed by atoms with van der Waals surface area (Å²) in [6, 6.07) is 12.0. The van der Waals surface area contributed by atoms with E-state index in [0.29, 0.717) is 27.6 Å². The number of allylic oxidation sites excluding steroid dienone is 1. The van der Waals surface area contributed by atoms with Crippen LogP contribution in [0.4, 0.5) is 0 Å². The molecular formula is C20H17ClO5. The number of Topliss-reactive ketones (excluding diaryl/α,β-unsaturated/α-hetero) is 1. The lowest BCUT2D eigenvalue weighted by molar-refractivity contribution is -0.150. The number of fused-ring (bicyclic) bond motifs is 1. The summed E-state index contributed by atoms with van der Waals surface area (Å²) in [5.41, 5.74) is 1.12. The Morgan fingerprint density at radius 3 is 2.77 bits per heavy atom. The summed E-state index contributed by atoms with van der Waals surface area (Å²) < 4.78 is 16.1. The third-order valence-electron chi connectivity index (χ3n) is 3.76. The fourth-order valence-corrected chi connectivity index (χ4v) is 2.68. The number of ketones is 1. The summed E-state index contributed by atoms with van der Waals surface area (Å²) in [4.78, 5) is 24.2. The fourth-order valence-electron chi connectivity index (χ4n) is 2.49. The van der Waals surface area contributed by atoms with Gasteiger partial charge in [-0.15, -0.1) is 0 Å². The highest BCUT2D eigenvalue weighted by molar-refractivity contribution is 6.32. The van der Waals surface area contributed by atoms with Crippen LogP contribution in [0.5, 0.6) is 11.5 Å². The maximum atomic E-state index is 12.5. The minimum atomic E-state index is -0.761. The molecule has 0 spiro atoms. The van der Waals surface area contributed by atoms with Crippen LogP contribution in [0.15, 0.2) is 48.2 Å². The maximum Gasteiger partial charge on any atom is 0.347 e. The highest BCUT2D eigenvalue weighted by atomic mass is 35.5. The van der Waals surface area contributed by atoms with Gasteiger partial charge in [0.15, 0.2) is 11.9 Å². The van der Waals surface area contributed by atoms with Gasteiger partial charge in [-0.05, 0) is 43.7 Å². The molecule has 1 aliphatic heterocycles. The Morgan fingerprint density at radius 2 is 2.04 bits per heavy atom. The number of halogens is 1. The fraction of sp³-hybridized carbons (Fsp3) is 0.200. The Balaban J connectivity index is 1.80. The molecule has 0 aromatic heterocycles. The van der Waals surface area contributed by atoms with Crippen LogP contribution in [-0.4, -0.2) is 24.5 Å². The predicted octanol–water partition coefficient (Wildman–Crippen LogP) is 4.29. The van der Waals surface area contributed by atoms with E-state index < -0.39 is 12.1 Å². The Morgan fingerprint density at radius 1 is 1.27 bits per heavy atom. The van der Waals surface area contributed by atoms with Crippen molar-refractivity contribution in [2.24, 2.45) is 0 Å². The van der Waals surface area contributed by atoms with Gasteiger partial charge in [0, 0.05) is 11.1 Å². The maximum absolute atomic E-state index is 12.5. The smallest absolute Gasteiger partial charge is 0.347 e. The number of esters is 1. The van der Waals surface area contributed by atoms with Crippen molar-refractivity contribution >= 4 is 29.4 Å². The summed E-state index contributed by atoms with van der Waals surface area (Å²) in [6.45, 7) is 3.61. The molecule has 134 valence electrons. The van der Waals surface area contributed by atoms with Gasteiger partial charge in [0.25, 0.3) is 0 Å². The van der Waals surface area contributed by atoms with Crippen LogP contribution in [0, 0.1) is 0 Å². The number of carbonyl (C=O) groups excluding carboxylic acids is 2. The number of rotatable bonds is 5. The molecule has 2 aromatic carbocycles. The quantitative estimate of drug-likeness (QED) is 0.579. The molecule has 0 saturated heterocycles. The van der Waals surface area contributed by atoms with Gasteiger partial charge in [-0.25, -0.2) is 4.79 Å². The number of benzene rings is 2. The number of hydrogen-bond donors (Lipinski definition) is 0. The topological polar surface area (TPSA) is 61.8 Å². The molecule has 26 heavy (non-hydrogen) atoms. The zero-order valence-electron chi connectivity index (χ0n) is 14.3.